The molecule has 5 nitrogen and oxygen atoms in total. The Hall–Kier alpha value is -1.30. The topological polar surface area (TPSA) is 65.9 Å². The lowest BCUT2D eigenvalue weighted by molar-refractivity contribution is 0.0514. The maximum atomic E-state index is 9.61. The van der Waals surface area contributed by atoms with E-state index in [-0.39, 0.29) is 17.4 Å². The Balaban J connectivity index is 1.74. The van der Waals surface area contributed by atoms with Gasteiger partial charge in [-0.05, 0) is 56.1 Å². The van der Waals surface area contributed by atoms with Gasteiger partial charge in [0, 0.05) is 49.9 Å². The zero-order chi connectivity index (χ0) is 21.3. The highest BCUT2D eigenvalue weighted by Crippen LogP contribution is 2.40. The Morgan fingerprint density at radius 2 is 1.83 bits per heavy atom. The molecule has 1 aliphatic heterocycles. The third kappa shape index (κ3) is 5.89. The summed E-state index contributed by atoms with van der Waals surface area (Å²) in [5.41, 5.74) is 1.29. The lowest BCUT2D eigenvalue weighted by atomic mass is 9.72. The first-order valence-corrected chi connectivity index (χ1v) is 12.0. The van der Waals surface area contributed by atoms with Crippen LogP contribution in [-0.4, -0.2) is 50.5 Å². The molecule has 1 saturated heterocycles. The second kappa shape index (κ2) is 11.4. The molecule has 0 spiro atoms. The van der Waals surface area contributed by atoms with Crippen LogP contribution in [0.25, 0.3) is 0 Å². The van der Waals surface area contributed by atoms with Gasteiger partial charge < -0.3 is 20.5 Å². The van der Waals surface area contributed by atoms with Gasteiger partial charge in [0.15, 0.2) is 5.96 Å². The molecule has 1 aromatic carbocycles. The fraction of sp³-hybridized carbons (Fsp3) is 0.708. The van der Waals surface area contributed by atoms with E-state index in [1.165, 1.54) is 24.8 Å². The predicted octanol–water partition coefficient (Wildman–Crippen LogP) is 4.28. The van der Waals surface area contributed by atoms with Gasteiger partial charge in [0.1, 0.15) is 0 Å². The van der Waals surface area contributed by atoms with Gasteiger partial charge in [0.25, 0.3) is 0 Å². The molecule has 3 rings (SSSR count). The van der Waals surface area contributed by atoms with Crippen LogP contribution in [0.1, 0.15) is 63.9 Å². The molecule has 1 aromatic rings. The fourth-order valence-electron chi connectivity index (χ4n) is 5.06. The number of aliphatic hydroxyl groups excluding tert-OH is 1. The monoisotopic (exact) mass is 435 g/mol. The van der Waals surface area contributed by atoms with Crippen LogP contribution < -0.4 is 10.6 Å². The van der Waals surface area contributed by atoms with Gasteiger partial charge in [-0.15, -0.1) is 0 Å². The van der Waals surface area contributed by atoms with Crippen molar-refractivity contribution in [3.63, 3.8) is 0 Å². The maximum Gasteiger partial charge on any atom is 0.191 e. The van der Waals surface area contributed by atoms with Gasteiger partial charge in [0.05, 0.1) is 0 Å². The van der Waals surface area contributed by atoms with Gasteiger partial charge in [-0.25, -0.2) is 0 Å². The number of hydrogen-bond donors (Lipinski definition) is 3. The summed E-state index contributed by atoms with van der Waals surface area (Å²) < 4.78 is 5.67. The minimum atomic E-state index is -0.0551. The zero-order valence-electron chi connectivity index (χ0n) is 18.4. The number of ether oxygens (including phenoxy) is 1. The predicted molar refractivity (Wildman–Crippen MR) is 124 cm³/mol. The normalized spacial score (nSPS) is 21.2. The number of halogens is 1. The molecule has 2 fully saturated rings. The van der Waals surface area contributed by atoms with Crippen molar-refractivity contribution in [3.05, 3.63) is 34.9 Å². The van der Waals surface area contributed by atoms with Crippen molar-refractivity contribution < 1.29 is 9.84 Å². The molecular formula is C24H38ClN3O2. The van der Waals surface area contributed by atoms with E-state index < -0.39 is 0 Å². The van der Waals surface area contributed by atoms with E-state index >= 15 is 0 Å². The molecule has 1 saturated carbocycles. The lowest BCUT2D eigenvalue weighted by Crippen LogP contribution is -2.48. The van der Waals surface area contributed by atoms with E-state index in [2.05, 4.69) is 29.7 Å². The molecule has 6 heteroatoms. The highest BCUT2D eigenvalue weighted by Gasteiger charge is 2.36. The van der Waals surface area contributed by atoms with Crippen molar-refractivity contribution in [3.8, 4) is 0 Å². The highest BCUT2D eigenvalue weighted by atomic mass is 35.5. The molecule has 2 aliphatic rings. The van der Waals surface area contributed by atoms with Crippen molar-refractivity contribution in [2.75, 3.05) is 39.5 Å². The number of nitrogens with one attached hydrogen (secondary N) is 2. The van der Waals surface area contributed by atoms with E-state index in [1.54, 1.807) is 0 Å². The highest BCUT2D eigenvalue weighted by molar-refractivity contribution is 6.31. The quantitative estimate of drug-likeness (QED) is 0.421. The summed E-state index contributed by atoms with van der Waals surface area (Å²) in [4.78, 5) is 4.98. The van der Waals surface area contributed by atoms with Crippen LogP contribution in [0.3, 0.4) is 0 Å². The van der Waals surface area contributed by atoms with Crippen molar-refractivity contribution in [1.29, 1.82) is 0 Å². The van der Waals surface area contributed by atoms with Crippen LogP contribution in [0.4, 0.5) is 0 Å². The first-order valence-electron chi connectivity index (χ1n) is 11.6. The molecular weight excluding hydrogens is 398 g/mol. The largest absolute Gasteiger partial charge is 0.396 e. The molecule has 0 atom stereocenters. The van der Waals surface area contributed by atoms with Crippen molar-refractivity contribution in [2.45, 2.75) is 63.7 Å². The minimum Gasteiger partial charge on any atom is -0.396 e. The van der Waals surface area contributed by atoms with Crippen molar-refractivity contribution >= 4 is 17.6 Å². The molecule has 0 bridgehead atoms. The molecule has 0 unspecified atom stereocenters. The van der Waals surface area contributed by atoms with Crippen LogP contribution in [0.2, 0.25) is 5.02 Å². The number of aliphatic hydroxyl groups is 1. The second-order valence-corrected chi connectivity index (χ2v) is 9.36. The third-order valence-electron chi connectivity index (χ3n) is 6.96. The Morgan fingerprint density at radius 1 is 1.10 bits per heavy atom. The van der Waals surface area contributed by atoms with E-state index in [9.17, 15) is 5.11 Å². The number of nitrogens with zero attached hydrogens (tertiary/aromatic N) is 1. The molecule has 168 valence electrons. The zero-order valence-corrected chi connectivity index (χ0v) is 19.1. The van der Waals surface area contributed by atoms with Crippen LogP contribution in [-0.2, 0) is 10.2 Å². The summed E-state index contributed by atoms with van der Waals surface area (Å²) in [7, 11) is 0. The first-order chi connectivity index (χ1) is 14.6. The van der Waals surface area contributed by atoms with Gasteiger partial charge in [0.2, 0.25) is 0 Å². The summed E-state index contributed by atoms with van der Waals surface area (Å²) in [6, 6.07) is 8.19. The Kier molecular flexibility index (Phi) is 8.84. The summed E-state index contributed by atoms with van der Waals surface area (Å²) >= 11 is 6.60. The van der Waals surface area contributed by atoms with E-state index in [0.29, 0.717) is 0 Å². The van der Waals surface area contributed by atoms with Crippen LogP contribution in [0.5, 0.6) is 0 Å². The van der Waals surface area contributed by atoms with Crippen molar-refractivity contribution in [1.82, 2.24) is 10.6 Å². The Bertz CT molecular complexity index is 677. The average molecular weight is 436 g/mol. The summed E-state index contributed by atoms with van der Waals surface area (Å²) in [6.45, 7) is 6.21. The first kappa shape index (κ1) is 23.4. The summed E-state index contributed by atoms with van der Waals surface area (Å²) in [5.74, 6) is 0.860. The van der Waals surface area contributed by atoms with Crippen LogP contribution in [0.15, 0.2) is 29.3 Å². The Morgan fingerprint density at radius 3 is 2.50 bits per heavy atom. The van der Waals surface area contributed by atoms with Gasteiger partial charge in [-0.1, -0.05) is 49.1 Å². The molecule has 30 heavy (non-hydrogen) atoms. The molecule has 0 aromatic heterocycles. The van der Waals surface area contributed by atoms with Gasteiger partial charge in [-0.3, -0.25) is 4.99 Å². The molecule has 0 radical (unpaired) electrons. The van der Waals surface area contributed by atoms with Gasteiger partial charge in [-0.2, -0.15) is 0 Å². The maximum absolute atomic E-state index is 9.61. The molecule has 0 amide bonds. The fourth-order valence-corrected chi connectivity index (χ4v) is 5.40. The number of benzene rings is 1. The van der Waals surface area contributed by atoms with Crippen LogP contribution in [0, 0.1) is 5.41 Å². The Labute approximate surface area is 186 Å². The lowest BCUT2D eigenvalue weighted by Gasteiger charge is -2.39. The number of guanidine groups is 1. The van der Waals surface area contributed by atoms with Gasteiger partial charge >= 0.3 is 0 Å². The smallest absolute Gasteiger partial charge is 0.191 e. The third-order valence-corrected chi connectivity index (χ3v) is 7.29. The number of rotatable bonds is 8. The standard InChI is InChI=1S/C24H38ClN3O2/c1-2-26-22(27-18-23(12-15-29)10-6-3-7-11-23)28-19-24(13-16-30-17-14-24)20-8-4-5-9-21(20)25/h4-5,8-9,29H,2-3,6-7,10-19H2,1H3,(H2,26,27,28). The van der Waals surface area contributed by atoms with E-state index in [0.717, 1.165) is 75.9 Å². The molecule has 1 heterocycles. The summed E-state index contributed by atoms with van der Waals surface area (Å²) in [5, 5.41) is 17.5. The summed E-state index contributed by atoms with van der Waals surface area (Å²) in [6.07, 6.45) is 8.85. The van der Waals surface area contributed by atoms with E-state index in [1.807, 2.05) is 12.1 Å². The van der Waals surface area contributed by atoms with Crippen LogP contribution >= 0.6 is 11.6 Å². The number of hydrogen-bond acceptors (Lipinski definition) is 3. The number of aliphatic imine (C=N–C) groups is 1. The van der Waals surface area contributed by atoms with Crippen molar-refractivity contribution in [2.24, 2.45) is 10.4 Å². The SMILES string of the molecule is CCNC(=NCC1(CCO)CCCCC1)NCC1(c2ccccc2Cl)CCOCC1. The minimum absolute atomic E-state index is 0.0551. The van der Waals surface area contributed by atoms with E-state index in [4.69, 9.17) is 21.3 Å². The second-order valence-electron chi connectivity index (χ2n) is 8.96. The molecule has 3 N–H and O–H groups in total. The average Bonchev–Trinajstić information content (AvgIpc) is 2.77. The molecule has 1 aliphatic carbocycles.